The second kappa shape index (κ2) is 6.66. The average Bonchev–Trinajstić information content (AvgIpc) is 3.05. The molecule has 2 aromatic heterocycles. The molecule has 0 radical (unpaired) electrons. The van der Waals surface area contributed by atoms with Crippen molar-refractivity contribution in [2.75, 3.05) is 13.7 Å². The molecule has 20 heavy (non-hydrogen) atoms. The molecular weight excluding hydrogens is 292 g/mol. The van der Waals surface area contributed by atoms with Gasteiger partial charge in [-0.15, -0.1) is 22.7 Å². The fourth-order valence-electron chi connectivity index (χ4n) is 1.63. The molecule has 0 aromatic carbocycles. The lowest BCUT2D eigenvalue weighted by molar-refractivity contribution is 0.0787. The van der Waals surface area contributed by atoms with Crippen LogP contribution in [0.5, 0.6) is 0 Å². The summed E-state index contributed by atoms with van der Waals surface area (Å²) in [7, 11) is 1.78. The molecule has 1 N–H and O–H groups in total. The van der Waals surface area contributed by atoms with E-state index in [0.717, 1.165) is 15.4 Å². The van der Waals surface area contributed by atoms with Crippen LogP contribution in [0.2, 0.25) is 0 Å². The maximum Gasteiger partial charge on any atom is 0.254 e. The molecule has 2 aromatic rings. The third-order valence-electron chi connectivity index (χ3n) is 2.71. The Labute approximate surface area is 125 Å². The molecule has 0 aliphatic carbocycles. The average molecular weight is 306 g/mol. The van der Waals surface area contributed by atoms with E-state index in [1.807, 2.05) is 6.92 Å². The number of amides is 1. The molecule has 2 rings (SSSR count). The summed E-state index contributed by atoms with van der Waals surface area (Å²) >= 11 is 2.96. The normalized spacial score (nSPS) is 9.95. The molecule has 0 saturated heterocycles. The predicted molar refractivity (Wildman–Crippen MR) is 80.9 cm³/mol. The minimum atomic E-state index is -0.175. The van der Waals surface area contributed by atoms with Crippen LogP contribution < -0.4 is 0 Å². The molecule has 0 spiro atoms. The van der Waals surface area contributed by atoms with Crippen LogP contribution in [-0.4, -0.2) is 34.6 Å². The van der Waals surface area contributed by atoms with Gasteiger partial charge >= 0.3 is 0 Å². The first-order valence-corrected chi connectivity index (χ1v) is 7.70. The monoisotopic (exact) mass is 306 g/mol. The van der Waals surface area contributed by atoms with Crippen LogP contribution in [0.4, 0.5) is 0 Å². The van der Waals surface area contributed by atoms with Gasteiger partial charge < -0.3 is 10.0 Å². The standard InChI is InChI=1S/C14H14N2O2S2/c1-10-13(20-9-15-10)7-16(2)14(18)11-6-12(19-8-11)4-3-5-17/h6,8-9,17H,5,7H2,1-2H3. The molecule has 0 bridgehead atoms. The largest absolute Gasteiger partial charge is 0.384 e. The molecule has 0 aliphatic rings. The van der Waals surface area contributed by atoms with Gasteiger partial charge in [0.2, 0.25) is 0 Å². The van der Waals surface area contributed by atoms with E-state index in [9.17, 15) is 4.79 Å². The topological polar surface area (TPSA) is 53.4 Å². The molecule has 6 heteroatoms. The second-order valence-electron chi connectivity index (χ2n) is 4.18. The van der Waals surface area contributed by atoms with Crippen LogP contribution in [0, 0.1) is 18.8 Å². The first kappa shape index (κ1) is 14.7. The van der Waals surface area contributed by atoms with Gasteiger partial charge in [0.05, 0.1) is 28.2 Å². The smallest absolute Gasteiger partial charge is 0.254 e. The molecule has 0 unspecified atom stereocenters. The molecule has 2 heterocycles. The molecule has 0 fully saturated rings. The van der Waals surface area contributed by atoms with Crippen molar-refractivity contribution in [1.82, 2.24) is 9.88 Å². The fraction of sp³-hybridized carbons (Fsp3) is 0.286. The van der Waals surface area contributed by atoms with Gasteiger partial charge in [-0.1, -0.05) is 11.8 Å². The van der Waals surface area contributed by atoms with E-state index in [1.54, 1.807) is 40.2 Å². The van der Waals surface area contributed by atoms with Gasteiger partial charge in [0.25, 0.3) is 5.91 Å². The number of thiazole rings is 1. The molecule has 4 nitrogen and oxygen atoms in total. The van der Waals surface area contributed by atoms with Crippen molar-refractivity contribution in [2.45, 2.75) is 13.5 Å². The third kappa shape index (κ3) is 3.45. The molecular formula is C14H14N2O2S2. The van der Waals surface area contributed by atoms with Gasteiger partial charge in [0.1, 0.15) is 6.61 Å². The van der Waals surface area contributed by atoms with Crippen molar-refractivity contribution >= 4 is 28.6 Å². The second-order valence-corrected chi connectivity index (χ2v) is 6.03. The zero-order valence-electron chi connectivity index (χ0n) is 11.2. The van der Waals surface area contributed by atoms with Gasteiger partial charge in [-0.25, -0.2) is 4.98 Å². The number of thiophene rings is 1. The highest BCUT2D eigenvalue weighted by atomic mass is 32.1. The van der Waals surface area contributed by atoms with E-state index in [2.05, 4.69) is 16.8 Å². The van der Waals surface area contributed by atoms with Gasteiger partial charge in [0.15, 0.2) is 0 Å². The number of aryl methyl sites for hydroxylation is 1. The summed E-state index contributed by atoms with van der Waals surface area (Å²) in [6.45, 7) is 2.33. The van der Waals surface area contributed by atoms with E-state index in [-0.39, 0.29) is 12.5 Å². The van der Waals surface area contributed by atoms with Crippen molar-refractivity contribution in [1.29, 1.82) is 0 Å². The number of aliphatic hydroxyl groups is 1. The maximum absolute atomic E-state index is 12.3. The minimum Gasteiger partial charge on any atom is -0.384 e. The van der Waals surface area contributed by atoms with Gasteiger partial charge in [-0.2, -0.15) is 0 Å². The summed E-state index contributed by atoms with van der Waals surface area (Å²) < 4.78 is 0. The fourth-order valence-corrected chi connectivity index (χ4v) is 3.20. The SMILES string of the molecule is Cc1ncsc1CN(C)C(=O)c1csc(C#CCO)c1. The number of aliphatic hydroxyl groups excluding tert-OH is 1. The van der Waals surface area contributed by atoms with Gasteiger partial charge in [-0.05, 0) is 13.0 Å². The summed E-state index contributed by atoms with van der Waals surface area (Å²) in [6.07, 6.45) is 0. The van der Waals surface area contributed by atoms with Crippen molar-refractivity contribution in [3.8, 4) is 11.8 Å². The van der Waals surface area contributed by atoms with Crippen molar-refractivity contribution in [3.63, 3.8) is 0 Å². The zero-order chi connectivity index (χ0) is 14.5. The van der Waals surface area contributed by atoms with Crippen LogP contribution in [-0.2, 0) is 6.54 Å². The molecule has 1 amide bonds. The van der Waals surface area contributed by atoms with E-state index in [1.165, 1.54) is 11.3 Å². The third-order valence-corrected chi connectivity index (χ3v) is 4.47. The van der Waals surface area contributed by atoms with Gasteiger partial charge in [-0.3, -0.25) is 4.79 Å². The quantitative estimate of drug-likeness (QED) is 0.884. The first-order valence-electron chi connectivity index (χ1n) is 5.94. The number of hydrogen-bond donors (Lipinski definition) is 1. The Morgan fingerprint density at radius 2 is 2.30 bits per heavy atom. The number of carbonyl (C=O) groups is 1. The highest BCUT2D eigenvalue weighted by Crippen LogP contribution is 2.18. The van der Waals surface area contributed by atoms with E-state index in [0.29, 0.717) is 12.1 Å². The Hall–Kier alpha value is -1.68. The van der Waals surface area contributed by atoms with Crippen molar-refractivity contribution in [2.24, 2.45) is 0 Å². The summed E-state index contributed by atoms with van der Waals surface area (Å²) in [4.78, 5) is 20.0. The lowest BCUT2D eigenvalue weighted by Crippen LogP contribution is -2.25. The number of aromatic nitrogens is 1. The van der Waals surface area contributed by atoms with Crippen LogP contribution in [0.15, 0.2) is 17.0 Å². The van der Waals surface area contributed by atoms with Crippen molar-refractivity contribution < 1.29 is 9.90 Å². The Morgan fingerprint density at radius 3 is 2.95 bits per heavy atom. The summed E-state index contributed by atoms with van der Waals surface area (Å²) in [5.41, 5.74) is 3.38. The minimum absolute atomic E-state index is 0.0360. The Bertz CT molecular complexity index is 664. The van der Waals surface area contributed by atoms with Crippen LogP contribution in [0.25, 0.3) is 0 Å². The van der Waals surface area contributed by atoms with Crippen LogP contribution >= 0.6 is 22.7 Å². The zero-order valence-corrected chi connectivity index (χ0v) is 12.8. The lowest BCUT2D eigenvalue weighted by atomic mass is 10.2. The maximum atomic E-state index is 12.3. The van der Waals surface area contributed by atoms with E-state index < -0.39 is 0 Å². The summed E-state index contributed by atoms with van der Waals surface area (Å²) in [5.74, 6) is 5.34. The van der Waals surface area contributed by atoms with Crippen LogP contribution in [0.1, 0.15) is 25.8 Å². The van der Waals surface area contributed by atoms with Crippen molar-refractivity contribution in [3.05, 3.63) is 38.0 Å². The van der Waals surface area contributed by atoms with Crippen LogP contribution in [0.3, 0.4) is 0 Å². The summed E-state index contributed by atoms with van der Waals surface area (Å²) in [6, 6.07) is 1.76. The number of nitrogens with zero attached hydrogens (tertiary/aromatic N) is 2. The number of carbonyl (C=O) groups excluding carboxylic acids is 1. The van der Waals surface area contributed by atoms with E-state index in [4.69, 9.17) is 5.11 Å². The molecule has 0 atom stereocenters. The lowest BCUT2D eigenvalue weighted by Gasteiger charge is -2.15. The van der Waals surface area contributed by atoms with Gasteiger partial charge in [0, 0.05) is 17.3 Å². The highest BCUT2D eigenvalue weighted by Gasteiger charge is 2.15. The molecule has 0 aliphatic heterocycles. The number of hydrogen-bond acceptors (Lipinski definition) is 5. The Balaban J connectivity index is 2.07. The molecule has 0 saturated carbocycles. The Kier molecular flexibility index (Phi) is 4.90. The highest BCUT2D eigenvalue weighted by molar-refractivity contribution is 7.10. The predicted octanol–water partition coefficient (Wildman–Crippen LogP) is 2.13. The Morgan fingerprint density at radius 1 is 1.50 bits per heavy atom. The molecule has 104 valence electrons. The first-order chi connectivity index (χ1) is 9.61. The summed E-state index contributed by atoms with van der Waals surface area (Å²) in [5, 5.41) is 10.4. The van der Waals surface area contributed by atoms with E-state index >= 15 is 0 Å². The number of rotatable bonds is 3.